The van der Waals surface area contributed by atoms with Gasteiger partial charge in [-0.3, -0.25) is 4.79 Å². The van der Waals surface area contributed by atoms with Gasteiger partial charge in [-0.1, -0.05) is 38.0 Å². The Hall–Kier alpha value is -2.66. The van der Waals surface area contributed by atoms with Crippen molar-refractivity contribution in [1.29, 1.82) is 0 Å². The van der Waals surface area contributed by atoms with E-state index >= 15 is 4.39 Å². The van der Waals surface area contributed by atoms with E-state index < -0.39 is 5.82 Å². The van der Waals surface area contributed by atoms with Gasteiger partial charge in [0.05, 0.1) is 18.0 Å². The zero-order valence-electron chi connectivity index (χ0n) is 19.9. The molecule has 33 heavy (non-hydrogen) atoms. The van der Waals surface area contributed by atoms with E-state index in [4.69, 9.17) is 4.74 Å². The SMILES string of the molecule is CCCCc1ccc(F)c2c(=O)c(-c3ccc(OC)cc3)cn(CCCN3CCCCC3)c12. The van der Waals surface area contributed by atoms with E-state index in [1.54, 1.807) is 7.11 Å². The molecule has 1 saturated heterocycles. The molecule has 0 N–H and O–H groups in total. The van der Waals surface area contributed by atoms with Crippen LogP contribution in [0.15, 0.2) is 47.4 Å². The summed E-state index contributed by atoms with van der Waals surface area (Å²) in [6.45, 7) is 6.28. The van der Waals surface area contributed by atoms with Crippen LogP contribution in [0.2, 0.25) is 0 Å². The predicted octanol–water partition coefficient (Wildman–Crippen LogP) is 6.03. The summed E-state index contributed by atoms with van der Waals surface area (Å²) in [4.78, 5) is 16.0. The molecule has 176 valence electrons. The molecule has 2 heterocycles. The van der Waals surface area contributed by atoms with E-state index in [-0.39, 0.29) is 10.8 Å². The number of hydrogen-bond acceptors (Lipinski definition) is 3. The quantitative estimate of drug-likeness (QED) is 0.399. The van der Waals surface area contributed by atoms with Crippen LogP contribution in [-0.4, -0.2) is 36.2 Å². The Morgan fingerprint density at radius 3 is 2.42 bits per heavy atom. The monoisotopic (exact) mass is 450 g/mol. The minimum atomic E-state index is -0.435. The van der Waals surface area contributed by atoms with Crippen LogP contribution in [0.1, 0.15) is 51.0 Å². The lowest BCUT2D eigenvalue weighted by atomic mass is 9.99. The average molecular weight is 451 g/mol. The number of fused-ring (bicyclic) bond motifs is 1. The molecule has 0 atom stereocenters. The van der Waals surface area contributed by atoms with Crippen LogP contribution in [0.3, 0.4) is 0 Å². The summed E-state index contributed by atoms with van der Waals surface area (Å²) in [6, 6.07) is 10.8. The van der Waals surface area contributed by atoms with Gasteiger partial charge >= 0.3 is 0 Å². The van der Waals surface area contributed by atoms with Gasteiger partial charge in [-0.15, -0.1) is 0 Å². The van der Waals surface area contributed by atoms with Crippen LogP contribution in [0.5, 0.6) is 5.75 Å². The number of piperidine rings is 1. The maximum atomic E-state index is 15.1. The fourth-order valence-corrected chi connectivity index (χ4v) is 4.94. The van der Waals surface area contributed by atoms with E-state index in [0.29, 0.717) is 5.56 Å². The molecule has 1 aromatic heterocycles. The third-order valence-electron chi connectivity index (χ3n) is 6.78. The van der Waals surface area contributed by atoms with Crippen molar-refractivity contribution in [1.82, 2.24) is 9.47 Å². The summed E-state index contributed by atoms with van der Waals surface area (Å²) >= 11 is 0. The van der Waals surface area contributed by atoms with Crippen LogP contribution in [0, 0.1) is 5.82 Å². The molecule has 1 fully saturated rings. The molecule has 2 aromatic carbocycles. The van der Waals surface area contributed by atoms with Crippen molar-refractivity contribution < 1.29 is 9.13 Å². The van der Waals surface area contributed by atoms with Crippen molar-refractivity contribution in [3.8, 4) is 16.9 Å². The molecule has 1 aliphatic rings. The largest absolute Gasteiger partial charge is 0.497 e. The van der Waals surface area contributed by atoms with Gasteiger partial charge in [-0.2, -0.15) is 0 Å². The fraction of sp³-hybridized carbons (Fsp3) is 0.464. The number of ether oxygens (including phenoxy) is 1. The number of pyridine rings is 1. The number of likely N-dealkylation sites (tertiary alicyclic amines) is 1. The Labute approximate surface area is 196 Å². The molecule has 0 spiro atoms. The first-order valence-electron chi connectivity index (χ1n) is 12.3. The lowest BCUT2D eigenvalue weighted by Gasteiger charge is -2.26. The number of aromatic nitrogens is 1. The standard InChI is InChI=1S/C28H35FN2O2/c1-3-4-9-22-12-15-25(29)26-27(22)31(19-8-18-30-16-6-5-7-17-30)20-24(28(26)32)21-10-13-23(33-2)14-11-21/h10-15,20H,3-9,16-19H2,1-2H3. The molecule has 5 heteroatoms. The normalized spacial score (nSPS) is 14.6. The van der Waals surface area contributed by atoms with Crippen LogP contribution in [0.25, 0.3) is 22.0 Å². The smallest absolute Gasteiger partial charge is 0.200 e. The van der Waals surface area contributed by atoms with Gasteiger partial charge in [0.2, 0.25) is 0 Å². The number of aryl methyl sites for hydroxylation is 2. The number of methoxy groups -OCH3 is 1. The van der Waals surface area contributed by atoms with E-state index in [1.165, 1.54) is 38.4 Å². The van der Waals surface area contributed by atoms with Crippen LogP contribution < -0.4 is 10.2 Å². The molecule has 3 aromatic rings. The molecule has 0 radical (unpaired) electrons. The van der Waals surface area contributed by atoms with Crippen molar-refractivity contribution in [2.75, 3.05) is 26.7 Å². The summed E-state index contributed by atoms with van der Waals surface area (Å²) in [5.74, 6) is 0.296. The Kier molecular flexibility index (Phi) is 7.81. The first kappa shape index (κ1) is 23.5. The van der Waals surface area contributed by atoms with Crippen molar-refractivity contribution in [3.05, 3.63) is 64.2 Å². The van der Waals surface area contributed by atoms with Crippen molar-refractivity contribution in [2.24, 2.45) is 0 Å². The molecule has 0 saturated carbocycles. The number of nitrogens with zero attached hydrogens (tertiary/aromatic N) is 2. The lowest BCUT2D eigenvalue weighted by molar-refractivity contribution is 0.223. The van der Waals surface area contributed by atoms with E-state index in [2.05, 4.69) is 16.4 Å². The minimum Gasteiger partial charge on any atom is -0.497 e. The Balaban J connectivity index is 1.77. The molecular formula is C28H35FN2O2. The molecule has 4 nitrogen and oxygen atoms in total. The molecule has 4 rings (SSSR count). The molecule has 0 amide bonds. The Morgan fingerprint density at radius 2 is 1.73 bits per heavy atom. The third-order valence-corrected chi connectivity index (χ3v) is 6.78. The Bertz CT molecular complexity index is 1130. The second kappa shape index (κ2) is 11.0. The van der Waals surface area contributed by atoms with Gasteiger partial charge in [0.15, 0.2) is 5.43 Å². The average Bonchev–Trinajstić information content (AvgIpc) is 2.85. The highest BCUT2D eigenvalue weighted by molar-refractivity contribution is 5.87. The van der Waals surface area contributed by atoms with Gasteiger partial charge in [-0.05, 0) is 81.1 Å². The van der Waals surface area contributed by atoms with E-state index in [9.17, 15) is 4.79 Å². The summed E-state index contributed by atoms with van der Waals surface area (Å²) in [5, 5.41) is 0.217. The molecule has 0 unspecified atom stereocenters. The number of rotatable bonds is 9. The van der Waals surface area contributed by atoms with Gasteiger partial charge < -0.3 is 14.2 Å². The topological polar surface area (TPSA) is 34.5 Å². The summed E-state index contributed by atoms with van der Waals surface area (Å²) in [6.07, 6.45) is 9.71. The van der Waals surface area contributed by atoms with Crippen LogP contribution >= 0.6 is 0 Å². The van der Waals surface area contributed by atoms with Gasteiger partial charge in [-0.25, -0.2) is 4.39 Å². The maximum Gasteiger partial charge on any atom is 0.200 e. The number of halogens is 1. The number of benzene rings is 2. The molecule has 0 aliphatic carbocycles. The predicted molar refractivity (Wildman–Crippen MR) is 134 cm³/mol. The molecule has 1 aliphatic heterocycles. The van der Waals surface area contributed by atoms with Crippen molar-refractivity contribution >= 4 is 10.9 Å². The zero-order chi connectivity index (χ0) is 23.2. The highest BCUT2D eigenvalue weighted by atomic mass is 19.1. The zero-order valence-corrected chi connectivity index (χ0v) is 19.9. The lowest BCUT2D eigenvalue weighted by Crippen LogP contribution is -2.31. The van der Waals surface area contributed by atoms with E-state index in [1.807, 2.05) is 36.5 Å². The fourth-order valence-electron chi connectivity index (χ4n) is 4.94. The first-order valence-corrected chi connectivity index (χ1v) is 12.3. The number of unbranched alkanes of at least 4 members (excludes halogenated alkanes) is 1. The number of hydrogen-bond donors (Lipinski definition) is 0. The summed E-state index contributed by atoms with van der Waals surface area (Å²) in [7, 11) is 1.62. The molecule has 0 bridgehead atoms. The first-order chi connectivity index (χ1) is 16.1. The maximum absolute atomic E-state index is 15.1. The summed E-state index contributed by atoms with van der Waals surface area (Å²) < 4.78 is 22.5. The van der Waals surface area contributed by atoms with Gasteiger partial charge in [0.1, 0.15) is 11.6 Å². The van der Waals surface area contributed by atoms with Crippen LogP contribution in [-0.2, 0) is 13.0 Å². The highest BCUT2D eigenvalue weighted by Gasteiger charge is 2.18. The molecular weight excluding hydrogens is 415 g/mol. The second-order valence-corrected chi connectivity index (χ2v) is 9.08. The minimum absolute atomic E-state index is 0.217. The van der Waals surface area contributed by atoms with Gasteiger partial charge in [0.25, 0.3) is 0 Å². The van der Waals surface area contributed by atoms with Crippen LogP contribution in [0.4, 0.5) is 4.39 Å². The van der Waals surface area contributed by atoms with Crippen molar-refractivity contribution in [2.45, 2.75) is 58.4 Å². The Morgan fingerprint density at radius 1 is 0.970 bits per heavy atom. The third kappa shape index (κ3) is 5.30. The summed E-state index contributed by atoms with van der Waals surface area (Å²) in [5.41, 5.74) is 2.91. The van der Waals surface area contributed by atoms with Crippen molar-refractivity contribution in [3.63, 3.8) is 0 Å². The van der Waals surface area contributed by atoms with E-state index in [0.717, 1.165) is 61.2 Å². The second-order valence-electron chi connectivity index (χ2n) is 9.08. The van der Waals surface area contributed by atoms with Gasteiger partial charge in [0, 0.05) is 18.3 Å². The highest BCUT2D eigenvalue weighted by Crippen LogP contribution is 2.27.